The molecule has 1 aromatic carbocycles. The number of esters is 9. The average molecular weight is 1480 g/mol. The number of nitrogens with one attached hydrogen (secondary N) is 1. The van der Waals surface area contributed by atoms with E-state index in [4.69, 9.17) is 114 Å². The minimum absolute atomic E-state index is 0.00965. The minimum Gasteiger partial charge on any atom is -0.487 e. The lowest BCUT2D eigenvalue weighted by Crippen LogP contribution is -2.54. The van der Waals surface area contributed by atoms with Gasteiger partial charge in [0, 0.05) is 93.2 Å². The highest BCUT2D eigenvalue weighted by atomic mass is 16.7. The third-order valence-corrected chi connectivity index (χ3v) is 15.1. The summed E-state index contributed by atoms with van der Waals surface area (Å²) in [6.07, 6.45) is -10.1. The highest BCUT2D eigenvalue weighted by molar-refractivity contribution is 5.96. The van der Waals surface area contributed by atoms with E-state index in [0.29, 0.717) is 25.7 Å². The Morgan fingerprint density at radius 1 is 0.369 bits per heavy atom. The van der Waals surface area contributed by atoms with Gasteiger partial charge in [-0.1, -0.05) is 0 Å². The molecule has 1 saturated carbocycles. The zero-order chi connectivity index (χ0) is 75.1. The van der Waals surface area contributed by atoms with Crippen molar-refractivity contribution in [2.45, 2.75) is 193 Å². The molecule has 1 aliphatic carbocycles. The van der Waals surface area contributed by atoms with Crippen molar-refractivity contribution in [2.24, 2.45) is 0 Å². The summed E-state index contributed by atoms with van der Waals surface area (Å²) in [5.41, 5.74) is 0.176. The van der Waals surface area contributed by atoms with Crippen molar-refractivity contribution >= 4 is 59.6 Å². The normalized spacial score (nSPS) is 24.6. The van der Waals surface area contributed by atoms with Crippen LogP contribution in [-0.4, -0.2) is 289 Å². The van der Waals surface area contributed by atoms with Gasteiger partial charge in [-0.25, -0.2) is 0 Å². The fourth-order valence-corrected chi connectivity index (χ4v) is 10.9. The van der Waals surface area contributed by atoms with Crippen LogP contribution in [0.25, 0.3) is 0 Å². The van der Waals surface area contributed by atoms with Crippen molar-refractivity contribution in [3.63, 3.8) is 0 Å². The van der Waals surface area contributed by atoms with Gasteiger partial charge in [0.15, 0.2) is 48.7 Å². The average Bonchev–Trinajstić information content (AvgIpc) is 0.837. The Morgan fingerprint density at radius 3 is 0.942 bits per heavy atom. The van der Waals surface area contributed by atoms with Gasteiger partial charge in [0.1, 0.15) is 76.3 Å². The van der Waals surface area contributed by atoms with Crippen LogP contribution in [-0.2, 0) is 143 Å². The molecule has 0 radical (unpaired) electrons. The number of aliphatic hydroxyl groups is 1. The zero-order valence-corrected chi connectivity index (χ0v) is 59.9. The van der Waals surface area contributed by atoms with Gasteiger partial charge in [-0.05, 0) is 37.8 Å². The molecule has 2 N–H and O–H groups in total. The highest BCUT2D eigenvalue weighted by Gasteiger charge is 2.47. The molecule has 36 heteroatoms. The van der Waals surface area contributed by atoms with Crippen molar-refractivity contribution in [1.29, 1.82) is 0 Å². The smallest absolute Gasteiger partial charge is 0.303 e. The van der Waals surface area contributed by atoms with Gasteiger partial charge in [0.25, 0.3) is 5.91 Å². The lowest BCUT2D eigenvalue weighted by molar-refractivity contribution is -0.267. The second-order valence-electron chi connectivity index (χ2n) is 23.7. The molecule has 4 fully saturated rings. The summed E-state index contributed by atoms with van der Waals surface area (Å²) in [6, 6.07) is 2.82. The number of benzene rings is 1. The lowest BCUT2D eigenvalue weighted by Gasteiger charge is -2.39. The van der Waals surface area contributed by atoms with Gasteiger partial charge >= 0.3 is 53.7 Å². The Bertz CT molecular complexity index is 2670. The highest BCUT2D eigenvalue weighted by Crippen LogP contribution is 2.40. The number of carbonyl (C=O) groups is 10. The van der Waals surface area contributed by atoms with E-state index in [9.17, 15) is 53.1 Å². The lowest BCUT2D eigenvalue weighted by atomic mass is 9.93. The van der Waals surface area contributed by atoms with E-state index in [1.165, 1.54) is 74.4 Å². The predicted molar refractivity (Wildman–Crippen MR) is 344 cm³/mol. The summed E-state index contributed by atoms with van der Waals surface area (Å²) in [7, 11) is 0. The Kier molecular flexibility index (Phi) is 40.3. The first-order valence-corrected chi connectivity index (χ1v) is 34.1. The number of hydrogen-bond donors (Lipinski definition) is 2. The van der Waals surface area contributed by atoms with Crippen molar-refractivity contribution < 1.29 is 167 Å². The molecule has 0 spiro atoms. The van der Waals surface area contributed by atoms with Crippen LogP contribution >= 0.6 is 0 Å². The predicted octanol–water partition coefficient (Wildman–Crippen LogP) is 1.63. The summed E-state index contributed by atoms with van der Waals surface area (Å²) >= 11 is 0. The van der Waals surface area contributed by atoms with Crippen molar-refractivity contribution in [2.75, 3.05) is 139 Å². The second-order valence-corrected chi connectivity index (χ2v) is 23.7. The van der Waals surface area contributed by atoms with E-state index < -0.39 is 140 Å². The van der Waals surface area contributed by atoms with Gasteiger partial charge in [0.2, 0.25) is 5.75 Å². The number of carbonyl (C=O) groups excluding carboxylic acids is 10. The van der Waals surface area contributed by atoms with Crippen molar-refractivity contribution in [3.8, 4) is 17.2 Å². The fraction of sp³-hybridized carbons (Fsp3) is 0.761. The van der Waals surface area contributed by atoms with Crippen molar-refractivity contribution in [1.82, 2.24) is 5.32 Å². The van der Waals surface area contributed by atoms with Gasteiger partial charge in [-0.2, -0.15) is 0 Å². The van der Waals surface area contributed by atoms with Gasteiger partial charge in [0.05, 0.1) is 105 Å². The van der Waals surface area contributed by atoms with E-state index in [1.807, 2.05) is 0 Å². The van der Waals surface area contributed by atoms with Crippen LogP contribution < -0.4 is 19.5 Å². The molecule has 3 heterocycles. The standard InChI is InChI=1S/C67H101NO35/c1-40(69)92-37-57-64(98-46(7)75)54(95-43(4)72)34-60(101-57)88-28-22-82-16-14-80-20-26-86-52-32-49(67(79)68-50-10-12-51(78)13-11-50)33-53(87-27-21-81-15-17-83-23-29-89-61-35-55(96-44(5)73)65(99-47(8)76)58(102-61)38-93-41(2)70)63(52)91-31-25-85-19-18-84-24-30-90-62-36-56(97-45(6)74)66(100-48(9)77)59(103-62)39-94-42(3)71/h32-33,50-51,54-62,64-66,78H,10-31,34-39H2,1-9H3,(H,68,79)/t50-,51+,54-,55-,56-,57-,58-,59-,60-,61-,62-,64-,65-,66-/m1/s1. The quantitative estimate of drug-likeness (QED) is 0.0532. The number of amides is 1. The van der Waals surface area contributed by atoms with Gasteiger partial charge in [-0.3, -0.25) is 47.9 Å². The van der Waals surface area contributed by atoms with E-state index >= 15 is 0 Å². The van der Waals surface area contributed by atoms with E-state index in [-0.39, 0.29) is 187 Å². The van der Waals surface area contributed by atoms with Crippen LogP contribution in [0.3, 0.4) is 0 Å². The van der Waals surface area contributed by atoms with Crippen LogP contribution in [0.5, 0.6) is 17.2 Å². The molecule has 0 unspecified atom stereocenters. The van der Waals surface area contributed by atoms with Crippen LogP contribution in [0, 0.1) is 0 Å². The SMILES string of the molecule is CC(=O)OC[C@H]1O[C@@H](OCCOCCOCCOc2cc(C(=O)N[C@H]3CC[C@@H](O)CC3)cc(OCCOCCOCCO[C@H]3C[C@@H](OC(C)=O)[C@@H](OC(C)=O)[C@@H](COC(C)=O)O3)c2OCCOCCOCCO[C@H]2C[C@@H](OC(C)=O)[C@@H](OC(C)=O)[C@@H](COC(C)=O)O2)C[C@@H](OC(C)=O)[C@H]1OC(C)=O. The molecule has 1 amide bonds. The van der Waals surface area contributed by atoms with Gasteiger partial charge in [-0.15, -0.1) is 0 Å². The van der Waals surface area contributed by atoms with Crippen LogP contribution in [0.15, 0.2) is 12.1 Å². The monoisotopic (exact) mass is 1480 g/mol. The molecule has 4 aliphatic rings. The molecule has 36 nitrogen and oxygen atoms in total. The summed E-state index contributed by atoms with van der Waals surface area (Å²) < 4.78 is 137. The largest absolute Gasteiger partial charge is 0.487 e. The first-order valence-electron chi connectivity index (χ1n) is 34.1. The Balaban J connectivity index is 1.17. The molecule has 3 saturated heterocycles. The van der Waals surface area contributed by atoms with Crippen LogP contribution in [0.2, 0.25) is 0 Å². The molecule has 12 atom stereocenters. The molecule has 3 aliphatic heterocycles. The zero-order valence-electron chi connectivity index (χ0n) is 59.9. The number of ether oxygens (including phenoxy) is 24. The van der Waals surface area contributed by atoms with Crippen LogP contribution in [0.1, 0.15) is 118 Å². The first kappa shape index (κ1) is 86.4. The number of rotatable bonds is 47. The Morgan fingerprint density at radius 2 is 0.650 bits per heavy atom. The molecule has 5 rings (SSSR count). The van der Waals surface area contributed by atoms with Crippen LogP contribution in [0.4, 0.5) is 0 Å². The third kappa shape index (κ3) is 35.0. The number of hydrogen-bond acceptors (Lipinski definition) is 35. The minimum atomic E-state index is -1.06. The molecule has 103 heavy (non-hydrogen) atoms. The summed E-state index contributed by atoms with van der Waals surface area (Å²) in [4.78, 5) is 120. The third-order valence-electron chi connectivity index (χ3n) is 15.1. The molecular formula is C67H101NO35. The molecule has 0 aromatic heterocycles. The summed E-state index contributed by atoms with van der Waals surface area (Å²) in [5.74, 6) is -5.71. The van der Waals surface area contributed by atoms with E-state index in [2.05, 4.69) is 5.32 Å². The molecular weight excluding hydrogens is 1380 g/mol. The topological polar surface area (TPSA) is 424 Å². The molecule has 584 valence electrons. The molecule has 1 aromatic rings. The maximum atomic E-state index is 14.0. The summed E-state index contributed by atoms with van der Waals surface area (Å²) in [6.45, 7) is 11.0. The maximum Gasteiger partial charge on any atom is 0.303 e. The van der Waals surface area contributed by atoms with E-state index in [0.717, 1.165) is 0 Å². The Hall–Kier alpha value is -7.20. The van der Waals surface area contributed by atoms with E-state index in [1.54, 1.807) is 0 Å². The fourth-order valence-electron chi connectivity index (χ4n) is 10.9. The Labute approximate surface area is 596 Å². The second kappa shape index (κ2) is 48.0. The van der Waals surface area contributed by atoms with Crippen molar-refractivity contribution in [3.05, 3.63) is 17.7 Å². The molecule has 0 bridgehead atoms. The number of aliphatic hydroxyl groups excluding tert-OH is 1. The first-order chi connectivity index (χ1) is 49.3. The van der Waals surface area contributed by atoms with Gasteiger partial charge < -0.3 is 124 Å². The maximum absolute atomic E-state index is 14.0. The summed E-state index contributed by atoms with van der Waals surface area (Å²) in [5, 5.41) is 13.2.